The Morgan fingerprint density at radius 1 is 1.29 bits per heavy atom. The summed E-state index contributed by atoms with van der Waals surface area (Å²) >= 11 is 0. The fourth-order valence-corrected chi connectivity index (χ4v) is 4.03. The molecule has 3 rings (SSSR count). The number of nitrogens with one attached hydrogen (secondary N) is 2. The highest BCUT2D eigenvalue weighted by atomic mass is 16.5. The minimum Gasteiger partial charge on any atom is -0.381 e. The zero-order chi connectivity index (χ0) is 14.9. The number of aliphatic imine (C=N–C) groups is 1. The number of nitrogens with zero attached hydrogens (tertiary/aromatic N) is 1. The number of fused-ring (bicyclic) bond motifs is 1. The summed E-state index contributed by atoms with van der Waals surface area (Å²) < 4.78 is 11.3. The molecule has 5 nitrogen and oxygen atoms in total. The molecule has 2 N–H and O–H groups in total. The summed E-state index contributed by atoms with van der Waals surface area (Å²) in [4.78, 5) is 4.77. The van der Waals surface area contributed by atoms with Gasteiger partial charge < -0.3 is 20.1 Å². The predicted octanol–water partition coefficient (Wildman–Crippen LogP) is 1.39. The van der Waals surface area contributed by atoms with E-state index in [9.17, 15) is 0 Å². The second kappa shape index (κ2) is 6.13. The summed E-state index contributed by atoms with van der Waals surface area (Å²) in [5, 5.41) is 7.04. The van der Waals surface area contributed by atoms with Crippen molar-refractivity contribution in [1.29, 1.82) is 0 Å². The molecule has 3 fully saturated rings. The van der Waals surface area contributed by atoms with Gasteiger partial charge in [0.25, 0.3) is 0 Å². The van der Waals surface area contributed by atoms with Crippen molar-refractivity contribution in [3.05, 3.63) is 0 Å². The van der Waals surface area contributed by atoms with Crippen LogP contribution < -0.4 is 10.6 Å². The maximum absolute atomic E-state index is 5.86. The molecule has 120 valence electrons. The summed E-state index contributed by atoms with van der Waals surface area (Å²) in [7, 11) is 0. The van der Waals surface area contributed by atoms with Crippen LogP contribution in [0.15, 0.2) is 4.99 Å². The Balaban J connectivity index is 1.60. The quantitative estimate of drug-likeness (QED) is 0.608. The van der Waals surface area contributed by atoms with Gasteiger partial charge in [-0.25, -0.2) is 0 Å². The first-order chi connectivity index (χ1) is 10.1. The first-order valence-corrected chi connectivity index (χ1v) is 8.37. The third kappa shape index (κ3) is 2.90. The van der Waals surface area contributed by atoms with E-state index >= 15 is 0 Å². The van der Waals surface area contributed by atoms with Crippen molar-refractivity contribution in [3.63, 3.8) is 0 Å². The average molecular weight is 295 g/mol. The maximum Gasteiger partial charge on any atom is 0.191 e. The lowest BCUT2D eigenvalue weighted by Crippen LogP contribution is -2.68. The van der Waals surface area contributed by atoms with Gasteiger partial charge in [-0.05, 0) is 19.8 Å². The molecule has 0 bridgehead atoms. The van der Waals surface area contributed by atoms with Crippen LogP contribution in [0.25, 0.3) is 0 Å². The molecule has 3 aliphatic rings. The van der Waals surface area contributed by atoms with Crippen molar-refractivity contribution in [1.82, 2.24) is 10.6 Å². The van der Waals surface area contributed by atoms with E-state index in [1.165, 1.54) is 6.42 Å². The largest absolute Gasteiger partial charge is 0.381 e. The topological polar surface area (TPSA) is 54.9 Å². The van der Waals surface area contributed by atoms with Crippen LogP contribution in [0, 0.1) is 17.3 Å². The van der Waals surface area contributed by atoms with E-state index in [2.05, 4.69) is 31.4 Å². The molecule has 21 heavy (non-hydrogen) atoms. The number of rotatable bonds is 4. The van der Waals surface area contributed by atoms with Crippen LogP contribution in [0.4, 0.5) is 0 Å². The predicted molar refractivity (Wildman–Crippen MR) is 83.5 cm³/mol. The standard InChI is InChI=1S/C16H29N3O2/c1-4-17-15(18-9-11-5-7-20-10-11)19-13-12-6-8-21-14(12)16(13,2)3/h11-14H,4-10H2,1-3H3,(H2,17,18,19). The van der Waals surface area contributed by atoms with Crippen LogP contribution >= 0.6 is 0 Å². The summed E-state index contributed by atoms with van der Waals surface area (Å²) in [5.41, 5.74) is 0.188. The third-order valence-electron chi connectivity index (χ3n) is 5.27. The number of ether oxygens (including phenoxy) is 2. The van der Waals surface area contributed by atoms with E-state index in [-0.39, 0.29) is 5.41 Å². The molecule has 4 atom stereocenters. The molecule has 2 heterocycles. The van der Waals surface area contributed by atoms with Crippen molar-refractivity contribution < 1.29 is 9.47 Å². The Labute approximate surface area is 127 Å². The lowest BCUT2D eigenvalue weighted by Gasteiger charge is -2.54. The van der Waals surface area contributed by atoms with Crippen LogP contribution in [0.3, 0.4) is 0 Å². The molecule has 0 aromatic heterocycles. The molecule has 2 saturated heterocycles. The SMILES string of the molecule is CCNC(=NCC1CCOC1)NC1C2CCOC2C1(C)C. The van der Waals surface area contributed by atoms with E-state index in [1.807, 2.05) is 0 Å². The van der Waals surface area contributed by atoms with Crippen molar-refractivity contribution >= 4 is 5.96 Å². The molecule has 0 aromatic rings. The monoisotopic (exact) mass is 295 g/mol. The molecule has 0 aromatic carbocycles. The number of guanidine groups is 1. The molecular formula is C16H29N3O2. The average Bonchev–Trinajstić information content (AvgIpc) is 3.11. The molecule has 2 aliphatic heterocycles. The van der Waals surface area contributed by atoms with Gasteiger partial charge in [-0.1, -0.05) is 13.8 Å². The second-order valence-corrected chi connectivity index (χ2v) is 7.14. The highest BCUT2D eigenvalue weighted by Gasteiger charge is 2.59. The first kappa shape index (κ1) is 15.1. The van der Waals surface area contributed by atoms with Gasteiger partial charge in [0.05, 0.1) is 12.7 Å². The molecule has 0 radical (unpaired) electrons. The van der Waals surface area contributed by atoms with Crippen LogP contribution in [-0.2, 0) is 9.47 Å². The minimum atomic E-state index is 0.188. The van der Waals surface area contributed by atoms with E-state index in [0.717, 1.165) is 45.3 Å². The molecule has 0 spiro atoms. The first-order valence-electron chi connectivity index (χ1n) is 8.37. The Hall–Kier alpha value is -0.810. The molecule has 4 unspecified atom stereocenters. The van der Waals surface area contributed by atoms with Gasteiger partial charge in [0, 0.05) is 49.6 Å². The summed E-state index contributed by atoms with van der Waals surface area (Å²) in [5.74, 6) is 2.17. The van der Waals surface area contributed by atoms with Gasteiger partial charge in [0.2, 0.25) is 0 Å². The molecule has 1 aliphatic carbocycles. The minimum absolute atomic E-state index is 0.188. The van der Waals surface area contributed by atoms with E-state index < -0.39 is 0 Å². The highest BCUT2D eigenvalue weighted by molar-refractivity contribution is 5.80. The van der Waals surface area contributed by atoms with Crippen LogP contribution in [0.2, 0.25) is 0 Å². The van der Waals surface area contributed by atoms with E-state index in [0.29, 0.717) is 24.0 Å². The molecule has 1 saturated carbocycles. The fraction of sp³-hybridized carbons (Fsp3) is 0.938. The molecular weight excluding hydrogens is 266 g/mol. The fourth-order valence-electron chi connectivity index (χ4n) is 4.03. The summed E-state index contributed by atoms with van der Waals surface area (Å²) in [6.07, 6.45) is 2.72. The van der Waals surface area contributed by atoms with Crippen LogP contribution in [-0.4, -0.2) is 51.0 Å². The van der Waals surface area contributed by atoms with Crippen LogP contribution in [0.5, 0.6) is 0 Å². The number of hydrogen-bond acceptors (Lipinski definition) is 3. The Morgan fingerprint density at radius 3 is 2.86 bits per heavy atom. The molecule has 0 amide bonds. The van der Waals surface area contributed by atoms with Gasteiger partial charge in [0.15, 0.2) is 5.96 Å². The second-order valence-electron chi connectivity index (χ2n) is 7.14. The lowest BCUT2D eigenvalue weighted by molar-refractivity contribution is -0.106. The normalized spacial score (nSPS) is 38.0. The zero-order valence-electron chi connectivity index (χ0n) is 13.5. The van der Waals surface area contributed by atoms with Gasteiger partial charge in [-0.2, -0.15) is 0 Å². The van der Waals surface area contributed by atoms with Crippen molar-refractivity contribution in [3.8, 4) is 0 Å². The van der Waals surface area contributed by atoms with Gasteiger partial charge in [0.1, 0.15) is 0 Å². The van der Waals surface area contributed by atoms with E-state index in [1.54, 1.807) is 0 Å². The van der Waals surface area contributed by atoms with Gasteiger partial charge in [-0.15, -0.1) is 0 Å². The number of hydrogen-bond donors (Lipinski definition) is 2. The third-order valence-corrected chi connectivity index (χ3v) is 5.27. The lowest BCUT2D eigenvalue weighted by atomic mass is 9.57. The van der Waals surface area contributed by atoms with Crippen molar-refractivity contribution in [2.45, 2.75) is 45.8 Å². The maximum atomic E-state index is 5.86. The Bertz CT molecular complexity index is 391. The highest BCUT2D eigenvalue weighted by Crippen LogP contribution is 2.52. The Kier molecular flexibility index (Phi) is 4.41. The van der Waals surface area contributed by atoms with Gasteiger partial charge >= 0.3 is 0 Å². The molecule has 5 heteroatoms. The Morgan fingerprint density at radius 2 is 2.14 bits per heavy atom. The zero-order valence-corrected chi connectivity index (χ0v) is 13.5. The van der Waals surface area contributed by atoms with E-state index in [4.69, 9.17) is 14.5 Å². The van der Waals surface area contributed by atoms with Crippen molar-refractivity contribution in [2.75, 3.05) is 32.9 Å². The van der Waals surface area contributed by atoms with Gasteiger partial charge in [-0.3, -0.25) is 4.99 Å². The van der Waals surface area contributed by atoms with Crippen LogP contribution in [0.1, 0.15) is 33.6 Å². The summed E-state index contributed by atoms with van der Waals surface area (Å²) in [6, 6.07) is 0.461. The summed E-state index contributed by atoms with van der Waals surface area (Å²) in [6.45, 7) is 11.1. The van der Waals surface area contributed by atoms with Crippen molar-refractivity contribution in [2.24, 2.45) is 22.2 Å². The smallest absolute Gasteiger partial charge is 0.191 e.